The van der Waals surface area contributed by atoms with E-state index in [2.05, 4.69) is 10.6 Å². The van der Waals surface area contributed by atoms with Crippen LogP contribution in [0.5, 0.6) is 0 Å². The average Bonchev–Trinajstić information content (AvgIpc) is 3.06. The molecule has 0 aliphatic carbocycles. The minimum atomic E-state index is -0.661. The number of hydrogen-bond donors (Lipinski definition) is 3. The number of carbonyl (C=O) groups is 3. The Balaban J connectivity index is 1.54. The van der Waals surface area contributed by atoms with E-state index in [0.29, 0.717) is 23.2 Å². The number of carbonyl (C=O) groups excluding carboxylic acids is 3. The number of nitro groups is 1. The van der Waals surface area contributed by atoms with Crippen LogP contribution in [0.3, 0.4) is 0 Å². The van der Waals surface area contributed by atoms with E-state index < -0.39 is 22.5 Å². The summed E-state index contributed by atoms with van der Waals surface area (Å²) < 4.78 is 6.36. The van der Waals surface area contributed by atoms with Crippen LogP contribution in [0.25, 0.3) is 11.1 Å². The smallest absolute Gasteiger partial charge is 0.407 e. The Bertz CT molecular complexity index is 1240. The summed E-state index contributed by atoms with van der Waals surface area (Å²) in [6.45, 7) is -0.0840. The van der Waals surface area contributed by atoms with Crippen molar-refractivity contribution in [1.29, 1.82) is 0 Å². The summed E-state index contributed by atoms with van der Waals surface area (Å²) in [5.74, 6) is -2.09. The maximum atomic E-state index is 12.2. The maximum Gasteiger partial charge on any atom is 0.419 e. The van der Waals surface area contributed by atoms with Crippen LogP contribution in [0.15, 0.2) is 51.7 Å². The van der Waals surface area contributed by atoms with Gasteiger partial charge in [-0.05, 0) is 36.8 Å². The van der Waals surface area contributed by atoms with Gasteiger partial charge >= 0.3 is 5.76 Å². The number of fused-ring (bicyclic) bond motifs is 1. The highest BCUT2D eigenvalue weighted by Gasteiger charge is 2.14. The molecule has 166 valence electrons. The van der Waals surface area contributed by atoms with E-state index in [0.717, 1.165) is 0 Å². The lowest BCUT2D eigenvalue weighted by atomic mass is 10.2. The third-order valence-electron chi connectivity index (χ3n) is 4.50. The molecule has 4 N–H and O–H groups in total. The van der Waals surface area contributed by atoms with E-state index >= 15 is 0 Å². The standard InChI is InChI=1S/C20H19N5O7/c21-17(26)11-22-19(28)12-3-5-13(6-4-12)23-18(27)2-1-9-24-15-8-7-14(25(30)31)10-16(15)32-20(24)29/h3-8,10H,1-2,9,11H2,(H2,21,26)(H,22,28)(H,23,27). The van der Waals surface area contributed by atoms with Gasteiger partial charge in [-0.2, -0.15) is 0 Å². The average molecular weight is 441 g/mol. The number of nitro benzene ring substituents is 1. The van der Waals surface area contributed by atoms with Gasteiger partial charge in [0.25, 0.3) is 11.6 Å². The minimum Gasteiger partial charge on any atom is -0.407 e. The third kappa shape index (κ3) is 5.36. The van der Waals surface area contributed by atoms with Crippen molar-refractivity contribution in [2.75, 3.05) is 11.9 Å². The molecule has 0 saturated carbocycles. The number of hydrogen-bond acceptors (Lipinski definition) is 7. The number of rotatable bonds is 9. The number of nitrogens with zero attached hydrogens (tertiary/aromatic N) is 2. The van der Waals surface area contributed by atoms with Crippen molar-refractivity contribution < 1.29 is 23.7 Å². The van der Waals surface area contributed by atoms with Gasteiger partial charge in [0, 0.05) is 30.3 Å². The summed E-state index contributed by atoms with van der Waals surface area (Å²) in [6, 6.07) is 9.94. The Labute approximate surface area is 180 Å². The predicted molar refractivity (Wildman–Crippen MR) is 113 cm³/mol. The summed E-state index contributed by atoms with van der Waals surface area (Å²) in [7, 11) is 0. The molecule has 0 bridgehead atoms. The Morgan fingerprint density at radius 1 is 1.12 bits per heavy atom. The molecule has 0 unspecified atom stereocenters. The van der Waals surface area contributed by atoms with Crippen LogP contribution in [-0.4, -0.2) is 33.8 Å². The maximum absolute atomic E-state index is 12.2. The van der Waals surface area contributed by atoms with Crippen molar-refractivity contribution in [1.82, 2.24) is 9.88 Å². The molecule has 3 amide bonds. The normalized spacial score (nSPS) is 10.6. The number of anilines is 1. The Morgan fingerprint density at radius 3 is 2.50 bits per heavy atom. The number of benzene rings is 2. The molecule has 3 aromatic rings. The fourth-order valence-electron chi connectivity index (χ4n) is 2.98. The van der Waals surface area contributed by atoms with Crippen molar-refractivity contribution in [2.45, 2.75) is 19.4 Å². The lowest BCUT2D eigenvalue weighted by Crippen LogP contribution is -2.33. The number of aromatic nitrogens is 1. The molecule has 2 aromatic carbocycles. The van der Waals surface area contributed by atoms with Crippen LogP contribution in [0.1, 0.15) is 23.2 Å². The van der Waals surface area contributed by atoms with E-state index in [1.807, 2.05) is 0 Å². The first-order valence-electron chi connectivity index (χ1n) is 9.49. The fourth-order valence-corrected chi connectivity index (χ4v) is 2.98. The van der Waals surface area contributed by atoms with Crippen LogP contribution < -0.4 is 22.1 Å². The van der Waals surface area contributed by atoms with E-state index in [1.165, 1.54) is 47.0 Å². The van der Waals surface area contributed by atoms with Gasteiger partial charge in [-0.15, -0.1) is 0 Å². The van der Waals surface area contributed by atoms with Crippen LogP contribution in [0.2, 0.25) is 0 Å². The highest BCUT2D eigenvalue weighted by atomic mass is 16.6. The van der Waals surface area contributed by atoms with Gasteiger partial charge in [0.15, 0.2) is 5.58 Å². The molecule has 0 spiro atoms. The Hall–Kier alpha value is -4.48. The molecule has 1 aromatic heterocycles. The number of primary amides is 1. The zero-order valence-electron chi connectivity index (χ0n) is 16.7. The molecule has 1 heterocycles. The Kier molecular flexibility index (Phi) is 6.63. The summed E-state index contributed by atoms with van der Waals surface area (Å²) >= 11 is 0. The van der Waals surface area contributed by atoms with E-state index in [-0.39, 0.29) is 36.7 Å². The van der Waals surface area contributed by atoms with Gasteiger partial charge in [0.1, 0.15) is 0 Å². The topological polar surface area (TPSA) is 180 Å². The van der Waals surface area contributed by atoms with Crippen molar-refractivity contribution >= 4 is 40.2 Å². The molecular weight excluding hydrogens is 422 g/mol. The van der Waals surface area contributed by atoms with Crippen LogP contribution in [0.4, 0.5) is 11.4 Å². The second-order valence-corrected chi connectivity index (χ2v) is 6.81. The van der Waals surface area contributed by atoms with Gasteiger partial charge in [0.05, 0.1) is 23.1 Å². The van der Waals surface area contributed by atoms with Crippen molar-refractivity contribution in [3.63, 3.8) is 0 Å². The molecule has 0 aliphatic heterocycles. The molecule has 0 fully saturated rings. The second kappa shape index (κ2) is 9.55. The second-order valence-electron chi connectivity index (χ2n) is 6.81. The zero-order chi connectivity index (χ0) is 23.3. The van der Waals surface area contributed by atoms with Crippen LogP contribution in [-0.2, 0) is 16.1 Å². The molecule has 12 nitrogen and oxygen atoms in total. The molecule has 0 atom stereocenters. The highest BCUT2D eigenvalue weighted by Crippen LogP contribution is 2.20. The van der Waals surface area contributed by atoms with Crippen molar-refractivity contribution in [3.8, 4) is 0 Å². The number of nitrogens with two attached hydrogens (primary N) is 1. The number of oxazole rings is 1. The number of nitrogens with one attached hydrogen (secondary N) is 2. The summed E-state index contributed by atoms with van der Waals surface area (Å²) in [4.78, 5) is 57.0. The highest BCUT2D eigenvalue weighted by molar-refractivity contribution is 5.97. The van der Waals surface area contributed by atoms with E-state index in [1.54, 1.807) is 0 Å². The SMILES string of the molecule is NC(=O)CNC(=O)c1ccc(NC(=O)CCCn2c(=O)oc3cc([N+](=O)[O-])ccc32)cc1. The van der Waals surface area contributed by atoms with Gasteiger partial charge in [-0.25, -0.2) is 4.79 Å². The molecule has 0 aliphatic rings. The molecule has 32 heavy (non-hydrogen) atoms. The minimum absolute atomic E-state index is 0.104. The number of aryl methyl sites for hydroxylation is 1. The molecule has 0 radical (unpaired) electrons. The molecule has 12 heteroatoms. The number of non-ortho nitro benzene ring substituents is 1. The molecule has 3 rings (SSSR count). The van der Waals surface area contributed by atoms with Crippen molar-refractivity contribution in [2.24, 2.45) is 5.73 Å². The van der Waals surface area contributed by atoms with Gasteiger partial charge < -0.3 is 20.8 Å². The van der Waals surface area contributed by atoms with Gasteiger partial charge in [-0.3, -0.25) is 29.1 Å². The first kappa shape index (κ1) is 22.2. The number of amides is 3. The third-order valence-corrected chi connectivity index (χ3v) is 4.50. The zero-order valence-corrected chi connectivity index (χ0v) is 16.7. The van der Waals surface area contributed by atoms with E-state index in [9.17, 15) is 29.3 Å². The fraction of sp³-hybridized carbons (Fsp3) is 0.200. The van der Waals surface area contributed by atoms with E-state index in [4.69, 9.17) is 10.2 Å². The summed E-state index contributed by atoms with van der Waals surface area (Å²) in [5.41, 5.74) is 6.07. The largest absolute Gasteiger partial charge is 0.419 e. The van der Waals surface area contributed by atoms with Crippen molar-refractivity contribution in [3.05, 3.63) is 68.7 Å². The lowest BCUT2D eigenvalue weighted by Gasteiger charge is -2.07. The van der Waals surface area contributed by atoms with Crippen LogP contribution >= 0.6 is 0 Å². The summed E-state index contributed by atoms with van der Waals surface area (Å²) in [6.07, 6.45) is 0.428. The first-order valence-corrected chi connectivity index (χ1v) is 9.49. The monoisotopic (exact) mass is 441 g/mol. The quantitative estimate of drug-likeness (QED) is 0.329. The van der Waals surface area contributed by atoms with Crippen LogP contribution in [0, 0.1) is 10.1 Å². The summed E-state index contributed by atoms with van der Waals surface area (Å²) in [5, 5.41) is 15.9. The molecular formula is C20H19N5O7. The van der Waals surface area contributed by atoms with Gasteiger partial charge in [-0.1, -0.05) is 0 Å². The first-order chi connectivity index (χ1) is 15.2. The molecule has 0 saturated heterocycles. The van der Waals surface area contributed by atoms with Gasteiger partial charge in [0.2, 0.25) is 11.8 Å². The Morgan fingerprint density at radius 2 is 1.84 bits per heavy atom. The lowest BCUT2D eigenvalue weighted by molar-refractivity contribution is -0.384. The predicted octanol–water partition coefficient (Wildman–Crippen LogP) is 1.14.